The van der Waals surface area contributed by atoms with Crippen LogP contribution >= 0.6 is 23.2 Å². The molecule has 5 rings (SSSR count). The molecule has 32 heavy (non-hydrogen) atoms. The molecule has 1 aliphatic heterocycles. The van der Waals surface area contributed by atoms with Crippen LogP contribution in [0.5, 0.6) is 0 Å². The van der Waals surface area contributed by atoms with Gasteiger partial charge in [-0.25, -0.2) is 19.7 Å². The second kappa shape index (κ2) is 8.29. The Kier molecular flexibility index (Phi) is 5.32. The van der Waals surface area contributed by atoms with E-state index in [1.54, 1.807) is 0 Å². The molecule has 0 spiro atoms. The van der Waals surface area contributed by atoms with Crippen LogP contribution in [0.15, 0.2) is 54.9 Å². The molecule has 0 unspecified atom stereocenters. The molecule has 10 heteroatoms. The maximum atomic E-state index is 11.3. The number of carbonyl (C=O) groups is 1. The second-order valence-electron chi connectivity index (χ2n) is 7.35. The molecule has 1 N–H and O–H groups in total. The first-order chi connectivity index (χ1) is 15.5. The van der Waals surface area contributed by atoms with Gasteiger partial charge in [-0.3, -0.25) is 4.57 Å². The lowest BCUT2D eigenvalue weighted by atomic mass is 10.2. The number of carboxylic acid groups (broad SMARTS) is 1. The molecule has 8 nitrogen and oxygen atoms in total. The predicted molar refractivity (Wildman–Crippen MR) is 124 cm³/mol. The van der Waals surface area contributed by atoms with Gasteiger partial charge in [0.05, 0.1) is 5.02 Å². The first-order valence-corrected chi connectivity index (χ1v) is 10.8. The molecule has 2 aromatic carbocycles. The summed E-state index contributed by atoms with van der Waals surface area (Å²) >= 11 is 12.6. The number of benzene rings is 2. The van der Waals surface area contributed by atoms with E-state index in [0.29, 0.717) is 59.0 Å². The Morgan fingerprint density at radius 2 is 1.66 bits per heavy atom. The van der Waals surface area contributed by atoms with E-state index in [-0.39, 0.29) is 0 Å². The molecule has 1 aliphatic rings. The summed E-state index contributed by atoms with van der Waals surface area (Å²) < 4.78 is 1.94. The topological polar surface area (TPSA) is 87.4 Å². The number of imidazole rings is 1. The number of hydrogen-bond donors (Lipinski definition) is 1. The summed E-state index contributed by atoms with van der Waals surface area (Å²) in [5.41, 5.74) is 2.87. The zero-order valence-electron chi connectivity index (χ0n) is 16.8. The van der Waals surface area contributed by atoms with Crippen molar-refractivity contribution >= 4 is 46.3 Å². The molecule has 1 amide bonds. The van der Waals surface area contributed by atoms with Crippen LogP contribution in [-0.2, 0) is 0 Å². The quantitative estimate of drug-likeness (QED) is 0.473. The van der Waals surface area contributed by atoms with Gasteiger partial charge in [-0.05, 0) is 36.4 Å². The lowest BCUT2D eigenvalue weighted by molar-refractivity contribution is 0.142. The summed E-state index contributed by atoms with van der Waals surface area (Å²) in [6, 6.07) is 14.9. The van der Waals surface area contributed by atoms with Gasteiger partial charge < -0.3 is 14.9 Å². The Morgan fingerprint density at radius 1 is 0.938 bits per heavy atom. The van der Waals surface area contributed by atoms with Crippen molar-refractivity contribution < 1.29 is 9.90 Å². The highest BCUT2D eigenvalue weighted by Crippen LogP contribution is 2.34. The molecule has 0 aliphatic carbocycles. The first kappa shape index (κ1) is 20.5. The number of amides is 1. The maximum absolute atomic E-state index is 11.3. The van der Waals surface area contributed by atoms with E-state index in [1.807, 2.05) is 58.0 Å². The van der Waals surface area contributed by atoms with Gasteiger partial charge in [0, 0.05) is 42.5 Å². The monoisotopic (exact) mass is 468 g/mol. The van der Waals surface area contributed by atoms with Crippen LogP contribution in [0.3, 0.4) is 0 Å². The predicted octanol–water partition coefficient (Wildman–Crippen LogP) is 4.59. The minimum Gasteiger partial charge on any atom is -0.465 e. The number of piperazine rings is 1. The van der Waals surface area contributed by atoms with Gasteiger partial charge >= 0.3 is 6.09 Å². The van der Waals surface area contributed by atoms with Crippen molar-refractivity contribution in [1.82, 2.24) is 24.4 Å². The van der Waals surface area contributed by atoms with Crippen molar-refractivity contribution in [2.45, 2.75) is 0 Å². The largest absolute Gasteiger partial charge is 0.465 e. The Morgan fingerprint density at radius 3 is 2.34 bits per heavy atom. The van der Waals surface area contributed by atoms with Crippen LogP contribution in [0, 0.1) is 0 Å². The highest BCUT2D eigenvalue weighted by molar-refractivity contribution is 6.33. The average molecular weight is 469 g/mol. The smallest absolute Gasteiger partial charge is 0.407 e. The van der Waals surface area contributed by atoms with Gasteiger partial charge in [0.25, 0.3) is 0 Å². The van der Waals surface area contributed by atoms with Gasteiger partial charge in [0.1, 0.15) is 12.2 Å². The molecule has 1 fully saturated rings. The van der Waals surface area contributed by atoms with Crippen molar-refractivity contribution in [3.05, 3.63) is 64.9 Å². The molecule has 0 radical (unpaired) electrons. The number of fused-ring (bicyclic) bond motifs is 1. The third-order valence-corrected chi connectivity index (χ3v) is 6.06. The molecule has 0 bridgehead atoms. The Bertz CT molecular complexity index is 1300. The normalized spacial score (nSPS) is 14.2. The highest BCUT2D eigenvalue weighted by atomic mass is 35.5. The summed E-state index contributed by atoms with van der Waals surface area (Å²) in [6.07, 6.45) is 0.594. The zero-order chi connectivity index (χ0) is 22.2. The van der Waals surface area contributed by atoms with Crippen molar-refractivity contribution in [2.75, 3.05) is 31.1 Å². The van der Waals surface area contributed by atoms with E-state index in [2.05, 4.69) is 9.97 Å². The van der Waals surface area contributed by atoms with Gasteiger partial charge in [0.2, 0.25) is 0 Å². The fraction of sp³-hybridized carbons (Fsp3) is 0.182. The minimum absolute atomic E-state index is 0.399. The standard InChI is InChI=1S/C22H18Cl2N6O2/c23-14-5-7-15(8-6-14)30-19(16-3-1-2-4-17(16)24)27-18-20(25-13-26-21(18)30)28-9-11-29(12-10-28)22(31)32/h1-8,13H,9-12H2,(H,31,32). The fourth-order valence-corrected chi connectivity index (χ4v) is 4.23. The molecule has 1 saturated heterocycles. The van der Waals surface area contributed by atoms with Gasteiger partial charge in [-0.2, -0.15) is 0 Å². The maximum Gasteiger partial charge on any atom is 0.407 e. The van der Waals surface area contributed by atoms with E-state index < -0.39 is 6.09 Å². The number of anilines is 1. The van der Waals surface area contributed by atoms with Crippen molar-refractivity contribution in [3.8, 4) is 17.1 Å². The fourth-order valence-electron chi connectivity index (χ4n) is 3.88. The van der Waals surface area contributed by atoms with E-state index >= 15 is 0 Å². The Balaban J connectivity index is 1.68. The number of aromatic nitrogens is 4. The molecule has 0 saturated carbocycles. The summed E-state index contributed by atoms with van der Waals surface area (Å²) in [5, 5.41) is 10.4. The lowest BCUT2D eigenvalue weighted by Crippen LogP contribution is -2.48. The highest BCUT2D eigenvalue weighted by Gasteiger charge is 2.26. The lowest BCUT2D eigenvalue weighted by Gasteiger charge is -2.33. The van der Waals surface area contributed by atoms with Crippen LogP contribution < -0.4 is 4.90 Å². The molecular formula is C22H18Cl2N6O2. The van der Waals surface area contributed by atoms with Crippen LogP contribution in [0.2, 0.25) is 10.0 Å². The minimum atomic E-state index is -0.912. The SMILES string of the molecule is O=C(O)N1CCN(c2ncnc3c2nc(-c2ccccc2Cl)n3-c2ccc(Cl)cc2)CC1. The Hall–Kier alpha value is -3.36. The van der Waals surface area contributed by atoms with Crippen molar-refractivity contribution in [2.24, 2.45) is 0 Å². The van der Waals surface area contributed by atoms with Crippen LogP contribution in [0.25, 0.3) is 28.2 Å². The molecule has 0 atom stereocenters. The van der Waals surface area contributed by atoms with Crippen molar-refractivity contribution in [3.63, 3.8) is 0 Å². The van der Waals surface area contributed by atoms with Crippen LogP contribution in [0.4, 0.5) is 10.6 Å². The summed E-state index contributed by atoms with van der Waals surface area (Å²) in [6.45, 7) is 1.84. The second-order valence-corrected chi connectivity index (χ2v) is 8.20. The number of nitrogens with zero attached hydrogens (tertiary/aromatic N) is 6. The van der Waals surface area contributed by atoms with E-state index in [4.69, 9.17) is 28.2 Å². The molecule has 162 valence electrons. The van der Waals surface area contributed by atoms with E-state index in [1.165, 1.54) is 11.2 Å². The van der Waals surface area contributed by atoms with Crippen LogP contribution in [0.1, 0.15) is 0 Å². The Labute approximate surface area is 193 Å². The van der Waals surface area contributed by atoms with Crippen molar-refractivity contribution in [1.29, 1.82) is 0 Å². The van der Waals surface area contributed by atoms with Crippen LogP contribution in [-0.4, -0.2) is 61.8 Å². The third kappa shape index (κ3) is 3.61. The molecule has 2 aromatic heterocycles. The average Bonchev–Trinajstić information content (AvgIpc) is 3.19. The zero-order valence-corrected chi connectivity index (χ0v) is 18.3. The summed E-state index contributed by atoms with van der Waals surface area (Å²) in [5.74, 6) is 1.31. The van der Waals surface area contributed by atoms with E-state index in [0.717, 1.165) is 11.3 Å². The number of rotatable bonds is 3. The molecular weight excluding hydrogens is 451 g/mol. The molecule has 4 aromatic rings. The third-order valence-electron chi connectivity index (χ3n) is 5.47. The summed E-state index contributed by atoms with van der Waals surface area (Å²) in [4.78, 5) is 28.7. The first-order valence-electron chi connectivity index (χ1n) is 10.00. The van der Waals surface area contributed by atoms with Gasteiger partial charge in [0.15, 0.2) is 17.0 Å². The van der Waals surface area contributed by atoms with Gasteiger partial charge in [-0.1, -0.05) is 35.3 Å². The molecule has 3 heterocycles. The number of hydrogen-bond acceptors (Lipinski definition) is 5. The number of halogens is 2. The van der Waals surface area contributed by atoms with E-state index in [9.17, 15) is 9.90 Å². The summed E-state index contributed by atoms with van der Waals surface area (Å²) in [7, 11) is 0. The van der Waals surface area contributed by atoms with Gasteiger partial charge in [-0.15, -0.1) is 0 Å².